The average molecular weight is 277 g/mol. The van der Waals surface area contributed by atoms with E-state index < -0.39 is 0 Å². The van der Waals surface area contributed by atoms with Gasteiger partial charge >= 0.3 is 0 Å². The van der Waals surface area contributed by atoms with Crippen molar-refractivity contribution in [1.82, 2.24) is 0 Å². The summed E-state index contributed by atoms with van der Waals surface area (Å²) in [6.07, 6.45) is 1.60. The topological polar surface area (TPSA) is 52.8 Å². The molecule has 0 saturated heterocycles. The molecule has 0 aliphatic heterocycles. The Labute approximate surface area is 122 Å². The fourth-order valence-corrected chi connectivity index (χ4v) is 2.36. The van der Waals surface area contributed by atoms with Crippen LogP contribution in [-0.2, 0) is 0 Å². The number of fused-ring (bicyclic) bond motifs is 1. The Morgan fingerprint density at radius 2 is 1.67 bits per heavy atom. The number of nitrogens with zero attached hydrogens (tertiary/aromatic N) is 1. The van der Waals surface area contributed by atoms with Gasteiger partial charge in [-0.2, -0.15) is 0 Å². The highest BCUT2D eigenvalue weighted by molar-refractivity contribution is 6.03. The van der Waals surface area contributed by atoms with Crippen molar-refractivity contribution < 1.29 is 10.2 Å². The number of aryl methyl sites for hydroxylation is 1. The first-order valence-electron chi connectivity index (χ1n) is 6.70. The summed E-state index contributed by atoms with van der Waals surface area (Å²) in [6, 6.07) is 16.6. The smallest absolute Gasteiger partial charge is 0.141 e. The second-order valence-electron chi connectivity index (χ2n) is 4.92. The minimum Gasteiger partial charge on any atom is -0.507 e. The summed E-state index contributed by atoms with van der Waals surface area (Å²) in [4.78, 5) is 4.35. The number of para-hydroxylation sites is 1. The molecular formula is C18H15NO2. The molecule has 0 saturated carbocycles. The van der Waals surface area contributed by atoms with E-state index >= 15 is 0 Å². The molecule has 0 aliphatic carbocycles. The van der Waals surface area contributed by atoms with Gasteiger partial charge in [0.05, 0.1) is 0 Å². The van der Waals surface area contributed by atoms with Gasteiger partial charge in [0.1, 0.15) is 17.2 Å². The molecule has 0 atom stereocenters. The lowest BCUT2D eigenvalue weighted by molar-refractivity contribution is 0.474. The molecule has 21 heavy (non-hydrogen) atoms. The van der Waals surface area contributed by atoms with Crippen LogP contribution in [0.3, 0.4) is 0 Å². The van der Waals surface area contributed by atoms with Crippen LogP contribution in [0.5, 0.6) is 11.5 Å². The van der Waals surface area contributed by atoms with Gasteiger partial charge < -0.3 is 10.2 Å². The van der Waals surface area contributed by atoms with E-state index in [4.69, 9.17) is 0 Å². The molecule has 0 aromatic heterocycles. The van der Waals surface area contributed by atoms with Gasteiger partial charge in [-0.1, -0.05) is 42.5 Å². The van der Waals surface area contributed by atoms with Crippen LogP contribution in [0.15, 0.2) is 59.6 Å². The third-order valence-corrected chi connectivity index (χ3v) is 3.49. The molecule has 0 fully saturated rings. The maximum atomic E-state index is 10.1. The molecule has 3 nitrogen and oxygen atoms in total. The average Bonchev–Trinajstić information content (AvgIpc) is 2.48. The largest absolute Gasteiger partial charge is 0.507 e. The van der Waals surface area contributed by atoms with E-state index in [1.165, 1.54) is 0 Å². The summed E-state index contributed by atoms with van der Waals surface area (Å²) in [5.41, 5.74) is 2.05. The first-order valence-corrected chi connectivity index (χ1v) is 6.70. The molecule has 3 aromatic carbocycles. The summed E-state index contributed by atoms with van der Waals surface area (Å²) >= 11 is 0. The molecule has 0 spiro atoms. The van der Waals surface area contributed by atoms with E-state index in [0.717, 1.165) is 16.3 Å². The van der Waals surface area contributed by atoms with Crippen LogP contribution in [0.1, 0.15) is 11.1 Å². The van der Waals surface area contributed by atoms with Crippen LogP contribution in [0.25, 0.3) is 10.8 Å². The summed E-state index contributed by atoms with van der Waals surface area (Å²) in [7, 11) is 0. The minimum absolute atomic E-state index is 0.131. The van der Waals surface area contributed by atoms with Gasteiger partial charge in [-0.15, -0.1) is 0 Å². The van der Waals surface area contributed by atoms with Crippen molar-refractivity contribution in [3.63, 3.8) is 0 Å². The monoisotopic (exact) mass is 277 g/mol. The molecular weight excluding hydrogens is 262 g/mol. The number of rotatable bonds is 2. The Bertz CT molecular complexity index is 817. The number of benzene rings is 3. The minimum atomic E-state index is 0.131. The number of phenols is 2. The van der Waals surface area contributed by atoms with Gasteiger partial charge in [-0.3, -0.25) is 4.99 Å². The number of phenolic OH excluding ortho intramolecular Hbond substituents is 2. The Balaban J connectivity index is 2.14. The van der Waals surface area contributed by atoms with Gasteiger partial charge in [0.15, 0.2) is 0 Å². The lowest BCUT2D eigenvalue weighted by atomic mass is 10.0. The predicted molar refractivity (Wildman–Crippen MR) is 85.7 cm³/mol. The molecule has 3 aromatic rings. The van der Waals surface area contributed by atoms with Crippen molar-refractivity contribution in [2.75, 3.05) is 0 Å². The number of hydrogen-bond donors (Lipinski definition) is 2. The summed E-state index contributed by atoms with van der Waals surface area (Å²) in [5, 5.41) is 21.9. The van der Waals surface area contributed by atoms with Crippen LogP contribution in [0.2, 0.25) is 0 Å². The Hall–Kier alpha value is -2.81. The molecule has 104 valence electrons. The van der Waals surface area contributed by atoms with E-state index in [1.54, 1.807) is 24.4 Å². The Morgan fingerprint density at radius 1 is 0.857 bits per heavy atom. The highest BCUT2D eigenvalue weighted by atomic mass is 16.3. The summed E-state index contributed by atoms with van der Waals surface area (Å²) in [6.45, 7) is 1.88. The highest BCUT2D eigenvalue weighted by Gasteiger charge is 2.06. The van der Waals surface area contributed by atoms with E-state index in [1.807, 2.05) is 43.3 Å². The highest BCUT2D eigenvalue weighted by Crippen LogP contribution is 2.31. The van der Waals surface area contributed by atoms with Crippen molar-refractivity contribution >= 4 is 22.7 Å². The second-order valence-corrected chi connectivity index (χ2v) is 4.92. The van der Waals surface area contributed by atoms with E-state index in [-0.39, 0.29) is 11.5 Å². The van der Waals surface area contributed by atoms with E-state index in [9.17, 15) is 10.2 Å². The van der Waals surface area contributed by atoms with Crippen LogP contribution in [0.4, 0.5) is 5.69 Å². The van der Waals surface area contributed by atoms with Crippen LogP contribution in [-0.4, -0.2) is 16.4 Å². The molecule has 0 amide bonds. The molecule has 0 bridgehead atoms. The van der Waals surface area contributed by atoms with Gasteiger partial charge in [-0.05, 0) is 35.4 Å². The van der Waals surface area contributed by atoms with Gasteiger partial charge in [0.2, 0.25) is 0 Å². The first kappa shape index (κ1) is 13.2. The van der Waals surface area contributed by atoms with Crippen molar-refractivity contribution in [2.24, 2.45) is 4.99 Å². The molecule has 0 unspecified atom stereocenters. The number of aromatic hydroxyl groups is 2. The maximum Gasteiger partial charge on any atom is 0.141 e. The number of hydrogen-bond acceptors (Lipinski definition) is 3. The SMILES string of the molecule is Cc1cccc(O)c1N=Cc1c(O)ccc2ccccc12. The third kappa shape index (κ3) is 2.46. The zero-order valence-corrected chi connectivity index (χ0v) is 11.6. The quantitative estimate of drug-likeness (QED) is 0.686. The molecule has 0 heterocycles. The fourth-order valence-electron chi connectivity index (χ4n) is 2.36. The van der Waals surface area contributed by atoms with Gasteiger partial charge in [0.25, 0.3) is 0 Å². The van der Waals surface area contributed by atoms with Crippen molar-refractivity contribution in [3.8, 4) is 11.5 Å². The predicted octanol–water partition coefficient (Wildman–Crippen LogP) is 4.31. The molecule has 0 radical (unpaired) electrons. The van der Waals surface area contributed by atoms with Crippen LogP contribution >= 0.6 is 0 Å². The standard InChI is InChI=1S/C18H15NO2/c1-12-5-4-8-17(21)18(12)19-11-15-14-7-3-2-6-13(14)9-10-16(15)20/h2-11,20-21H,1H3. The Kier molecular flexibility index (Phi) is 3.32. The second kappa shape index (κ2) is 5.29. The molecule has 3 heteroatoms. The number of aliphatic imine (C=N–C) groups is 1. The molecule has 2 N–H and O–H groups in total. The summed E-state index contributed by atoms with van der Waals surface area (Å²) in [5.74, 6) is 0.302. The maximum absolute atomic E-state index is 10.1. The first-order chi connectivity index (χ1) is 10.2. The van der Waals surface area contributed by atoms with E-state index in [2.05, 4.69) is 4.99 Å². The van der Waals surface area contributed by atoms with Crippen molar-refractivity contribution in [3.05, 3.63) is 65.7 Å². The lowest BCUT2D eigenvalue weighted by Gasteiger charge is -2.06. The zero-order chi connectivity index (χ0) is 14.8. The molecule has 3 rings (SSSR count). The third-order valence-electron chi connectivity index (χ3n) is 3.49. The van der Waals surface area contributed by atoms with Crippen molar-refractivity contribution in [2.45, 2.75) is 6.92 Å². The molecule has 0 aliphatic rings. The fraction of sp³-hybridized carbons (Fsp3) is 0.0556. The summed E-state index contributed by atoms with van der Waals surface area (Å²) < 4.78 is 0. The van der Waals surface area contributed by atoms with Gasteiger partial charge in [0, 0.05) is 11.8 Å². The lowest BCUT2D eigenvalue weighted by Crippen LogP contribution is -1.86. The van der Waals surface area contributed by atoms with E-state index in [0.29, 0.717) is 11.3 Å². The van der Waals surface area contributed by atoms with Crippen LogP contribution < -0.4 is 0 Å². The van der Waals surface area contributed by atoms with Crippen molar-refractivity contribution in [1.29, 1.82) is 0 Å². The van der Waals surface area contributed by atoms with Gasteiger partial charge in [-0.25, -0.2) is 0 Å². The van der Waals surface area contributed by atoms with Crippen LogP contribution in [0, 0.1) is 6.92 Å². The Morgan fingerprint density at radius 3 is 2.48 bits per heavy atom. The zero-order valence-electron chi connectivity index (χ0n) is 11.6. The normalized spacial score (nSPS) is 11.3.